The van der Waals surface area contributed by atoms with Crippen LogP contribution in [-0.4, -0.2) is 41.1 Å². The lowest BCUT2D eigenvalue weighted by molar-refractivity contribution is 0.0172. The number of phenolic OH excluding ortho intramolecular Hbond substituents is 1. The standard InChI is InChI=1S/C19H20F2N4O2/c1-12-9-13(19(2,20)21)10-16(26)18(12)15-3-4-17(24-23-15)25-7-8-27-14(11-25)5-6-22/h3-4,9-10,14,26H,5,7-8,11H2,1-2H3/t14-/m0/s1. The first-order valence-corrected chi connectivity index (χ1v) is 8.59. The SMILES string of the molecule is Cc1cc(C(C)(F)F)cc(O)c1-c1ccc(N2CCO[C@@H](CC#N)C2)nn1. The second-order valence-corrected chi connectivity index (χ2v) is 6.65. The highest BCUT2D eigenvalue weighted by molar-refractivity contribution is 5.71. The Morgan fingerprint density at radius 3 is 2.74 bits per heavy atom. The Balaban J connectivity index is 1.85. The van der Waals surface area contributed by atoms with Gasteiger partial charge in [0, 0.05) is 31.1 Å². The number of hydrogen-bond acceptors (Lipinski definition) is 6. The largest absolute Gasteiger partial charge is 0.507 e. The van der Waals surface area contributed by atoms with E-state index in [1.54, 1.807) is 19.1 Å². The monoisotopic (exact) mass is 374 g/mol. The summed E-state index contributed by atoms with van der Waals surface area (Å²) in [7, 11) is 0. The third-order valence-corrected chi connectivity index (χ3v) is 4.51. The number of rotatable bonds is 4. The van der Waals surface area contributed by atoms with Gasteiger partial charge < -0.3 is 14.7 Å². The van der Waals surface area contributed by atoms with E-state index in [2.05, 4.69) is 16.3 Å². The minimum absolute atomic E-state index is 0.167. The molecule has 27 heavy (non-hydrogen) atoms. The molecule has 1 saturated heterocycles. The number of ether oxygens (including phenoxy) is 1. The smallest absolute Gasteiger partial charge is 0.270 e. The van der Waals surface area contributed by atoms with Gasteiger partial charge in [0.1, 0.15) is 5.75 Å². The van der Waals surface area contributed by atoms with Gasteiger partial charge in [-0.15, -0.1) is 10.2 Å². The zero-order valence-corrected chi connectivity index (χ0v) is 15.1. The van der Waals surface area contributed by atoms with Crippen molar-refractivity contribution in [3.63, 3.8) is 0 Å². The molecule has 1 aliphatic rings. The lowest BCUT2D eigenvalue weighted by Gasteiger charge is -2.32. The molecular formula is C19H20F2N4O2. The maximum atomic E-state index is 13.5. The molecule has 2 aromatic rings. The molecule has 3 rings (SSSR count). The lowest BCUT2D eigenvalue weighted by Crippen LogP contribution is -2.42. The number of nitriles is 1. The minimum Gasteiger partial charge on any atom is -0.507 e. The van der Waals surface area contributed by atoms with Crippen LogP contribution in [0, 0.1) is 18.3 Å². The second kappa shape index (κ2) is 7.45. The number of benzene rings is 1. The predicted octanol–water partition coefficient (Wildman–Crippen LogP) is 3.39. The molecule has 2 heterocycles. The van der Waals surface area contributed by atoms with E-state index < -0.39 is 5.92 Å². The molecule has 8 heteroatoms. The van der Waals surface area contributed by atoms with Gasteiger partial charge in [-0.1, -0.05) is 0 Å². The van der Waals surface area contributed by atoms with Gasteiger partial charge in [0.15, 0.2) is 5.82 Å². The zero-order chi connectivity index (χ0) is 19.6. The zero-order valence-electron chi connectivity index (χ0n) is 15.1. The van der Waals surface area contributed by atoms with Gasteiger partial charge >= 0.3 is 0 Å². The number of anilines is 1. The molecule has 1 aromatic carbocycles. The van der Waals surface area contributed by atoms with E-state index in [1.165, 1.54) is 6.07 Å². The van der Waals surface area contributed by atoms with E-state index in [9.17, 15) is 13.9 Å². The van der Waals surface area contributed by atoms with Gasteiger partial charge in [0.05, 0.1) is 30.9 Å². The summed E-state index contributed by atoms with van der Waals surface area (Å²) in [4.78, 5) is 1.98. The van der Waals surface area contributed by atoms with Crippen molar-refractivity contribution >= 4 is 5.82 Å². The van der Waals surface area contributed by atoms with Crippen LogP contribution in [0.5, 0.6) is 5.75 Å². The van der Waals surface area contributed by atoms with E-state index in [-0.39, 0.29) is 17.4 Å². The Kier molecular flexibility index (Phi) is 5.24. The highest BCUT2D eigenvalue weighted by Crippen LogP contribution is 2.37. The van der Waals surface area contributed by atoms with Crippen LogP contribution in [0.2, 0.25) is 0 Å². The Morgan fingerprint density at radius 2 is 2.15 bits per heavy atom. The van der Waals surface area contributed by atoms with Gasteiger partial charge in [0.2, 0.25) is 0 Å². The van der Waals surface area contributed by atoms with E-state index in [4.69, 9.17) is 10.00 Å². The average Bonchev–Trinajstić information content (AvgIpc) is 2.61. The molecule has 0 bridgehead atoms. The summed E-state index contributed by atoms with van der Waals surface area (Å²) in [6.07, 6.45) is 0.142. The number of nitrogens with zero attached hydrogens (tertiary/aromatic N) is 4. The van der Waals surface area contributed by atoms with Gasteiger partial charge in [-0.25, -0.2) is 8.78 Å². The molecule has 0 radical (unpaired) electrons. The maximum Gasteiger partial charge on any atom is 0.270 e. The summed E-state index contributed by atoms with van der Waals surface area (Å²) >= 11 is 0. The van der Waals surface area contributed by atoms with E-state index in [0.717, 1.165) is 13.0 Å². The van der Waals surface area contributed by atoms with Gasteiger partial charge in [0.25, 0.3) is 5.92 Å². The molecule has 0 aliphatic carbocycles. The minimum atomic E-state index is -3.04. The summed E-state index contributed by atoms with van der Waals surface area (Å²) in [5.74, 6) is -2.65. The van der Waals surface area contributed by atoms with Gasteiger partial charge in [-0.3, -0.25) is 0 Å². The molecule has 0 unspecified atom stereocenters. The fourth-order valence-corrected chi connectivity index (χ4v) is 3.14. The first-order valence-electron chi connectivity index (χ1n) is 8.59. The number of aromatic hydroxyl groups is 1. The third kappa shape index (κ3) is 4.14. The molecule has 6 nitrogen and oxygen atoms in total. The predicted molar refractivity (Wildman–Crippen MR) is 95.6 cm³/mol. The van der Waals surface area contributed by atoms with Crippen molar-refractivity contribution in [2.45, 2.75) is 32.3 Å². The van der Waals surface area contributed by atoms with Crippen LogP contribution in [0.15, 0.2) is 24.3 Å². The molecule has 1 aromatic heterocycles. The van der Waals surface area contributed by atoms with Crippen LogP contribution in [0.3, 0.4) is 0 Å². The molecule has 1 fully saturated rings. The van der Waals surface area contributed by atoms with Crippen LogP contribution < -0.4 is 4.90 Å². The van der Waals surface area contributed by atoms with E-state index >= 15 is 0 Å². The van der Waals surface area contributed by atoms with Crippen LogP contribution in [-0.2, 0) is 10.7 Å². The second-order valence-electron chi connectivity index (χ2n) is 6.65. The van der Waals surface area contributed by atoms with Crippen molar-refractivity contribution in [3.05, 3.63) is 35.4 Å². The molecule has 1 N–H and O–H groups in total. The highest BCUT2D eigenvalue weighted by atomic mass is 19.3. The van der Waals surface area contributed by atoms with E-state index in [0.29, 0.717) is 48.8 Å². The quantitative estimate of drug-likeness (QED) is 0.883. The number of aromatic nitrogens is 2. The maximum absolute atomic E-state index is 13.5. The van der Waals surface area contributed by atoms with Gasteiger partial charge in [-0.05, 0) is 36.8 Å². The fourth-order valence-electron chi connectivity index (χ4n) is 3.14. The summed E-state index contributed by atoms with van der Waals surface area (Å²) < 4.78 is 32.6. The van der Waals surface area contributed by atoms with Crippen LogP contribution in [0.25, 0.3) is 11.3 Å². The molecular weight excluding hydrogens is 354 g/mol. The Morgan fingerprint density at radius 1 is 1.37 bits per heavy atom. The normalized spacial score (nSPS) is 17.6. The van der Waals surface area contributed by atoms with E-state index in [1.807, 2.05) is 4.90 Å². The summed E-state index contributed by atoms with van der Waals surface area (Å²) in [5, 5.41) is 27.4. The number of morpholine rings is 1. The summed E-state index contributed by atoms with van der Waals surface area (Å²) in [6.45, 7) is 4.13. The number of phenols is 1. The Labute approximate surface area is 156 Å². The topological polar surface area (TPSA) is 82.3 Å². The fraction of sp³-hybridized carbons (Fsp3) is 0.421. The van der Waals surface area contributed by atoms with Gasteiger partial charge in [-0.2, -0.15) is 5.26 Å². The molecule has 142 valence electrons. The van der Waals surface area contributed by atoms with Crippen molar-refractivity contribution < 1.29 is 18.6 Å². The molecule has 0 amide bonds. The van der Waals surface area contributed by atoms with Crippen LogP contribution in [0.4, 0.5) is 14.6 Å². The van der Waals surface area contributed by atoms with Crippen LogP contribution >= 0.6 is 0 Å². The number of hydrogen-bond donors (Lipinski definition) is 1. The molecule has 0 spiro atoms. The molecule has 0 saturated carbocycles. The lowest BCUT2D eigenvalue weighted by atomic mass is 9.98. The Bertz CT molecular complexity index is 836. The first kappa shape index (κ1) is 19.0. The molecule has 1 aliphatic heterocycles. The summed E-state index contributed by atoms with van der Waals surface area (Å²) in [5.41, 5.74) is 1.03. The number of aryl methyl sites for hydroxylation is 1. The molecule has 1 atom stereocenters. The van der Waals surface area contributed by atoms with Crippen molar-refractivity contribution in [1.29, 1.82) is 5.26 Å². The Hall–Kier alpha value is -2.79. The third-order valence-electron chi connectivity index (χ3n) is 4.51. The van der Waals surface area contributed by atoms with Crippen molar-refractivity contribution in [1.82, 2.24) is 10.2 Å². The number of halogens is 2. The van der Waals surface area contributed by atoms with Crippen molar-refractivity contribution in [3.8, 4) is 23.1 Å². The first-order chi connectivity index (χ1) is 12.8. The number of alkyl halides is 2. The average molecular weight is 374 g/mol. The summed E-state index contributed by atoms with van der Waals surface area (Å²) in [6, 6.07) is 7.97. The van der Waals surface area contributed by atoms with Crippen molar-refractivity contribution in [2.75, 3.05) is 24.6 Å². The van der Waals surface area contributed by atoms with Crippen molar-refractivity contribution in [2.24, 2.45) is 0 Å². The highest BCUT2D eigenvalue weighted by Gasteiger charge is 2.27. The van der Waals surface area contributed by atoms with Crippen LogP contribution in [0.1, 0.15) is 24.5 Å².